The molecule has 17 nitrogen and oxygen atoms in total. The fourth-order valence-corrected chi connectivity index (χ4v) is 13.6. The van der Waals surface area contributed by atoms with Gasteiger partial charge in [-0.15, -0.1) is 0 Å². The van der Waals surface area contributed by atoms with Gasteiger partial charge in [0.25, 0.3) is 0 Å². The van der Waals surface area contributed by atoms with Crippen LogP contribution < -0.4 is 0 Å². The Balaban J connectivity index is 5.12. The van der Waals surface area contributed by atoms with E-state index < -0.39 is 97.5 Å². The third-order valence-corrected chi connectivity index (χ3v) is 20.5. The largest absolute Gasteiger partial charge is 0.472 e. The first-order valence-electron chi connectivity index (χ1n) is 40.5. The fraction of sp³-hybridized carbons (Fsp3) is 0.949. The van der Waals surface area contributed by atoms with Crippen LogP contribution in [0.4, 0.5) is 0 Å². The normalized spacial score (nSPS) is 14.2. The molecule has 0 saturated heterocycles. The fourth-order valence-electron chi connectivity index (χ4n) is 12.0. The molecule has 6 atom stereocenters. The summed E-state index contributed by atoms with van der Waals surface area (Å²) in [5.41, 5.74) is 0. The molecule has 0 saturated carbocycles. The van der Waals surface area contributed by atoms with E-state index in [1.165, 1.54) is 218 Å². The highest BCUT2D eigenvalue weighted by atomic mass is 31.2. The van der Waals surface area contributed by atoms with E-state index in [2.05, 4.69) is 41.5 Å². The number of carbonyl (C=O) groups is 4. The van der Waals surface area contributed by atoms with Gasteiger partial charge in [-0.05, 0) is 37.5 Å². The molecule has 0 aromatic rings. The molecular formula is C78H152O17P2. The lowest BCUT2D eigenvalue weighted by Gasteiger charge is -2.21. The molecule has 576 valence electrons. The minimum atomic E-state index is -4.96. The van der Waals surface area contributed by atoms with Crippen LogP contribution in [0.15, 0.2) is 0 Å². The van der Waals surface area contributed by atoms with Crippen LogP contribution >= 0.6 is 15.6 Å². The Morgan fingerprint density at radius 3 is 0.784 bits per heavy atom. The van der Waals surface area contributed by atoms with Gasteiger partial charge in [0.1, 0.15) is 19.3 Å². The number of hydrogen-bond donors (Lipinski definition) is 3. The lowest BCUT2D eigenvalue weighted by atomic mass is 9.99. The van der Waals surface area contributed by atoms with Crippen LogP contribution in [0, 0.1) is 11.8 Å². The van der Waals surface area contributed by atoms with Gasteiger partial charge in [0.2, 0.25) is 0 Å². The van der Waals surface area contributed by atoms with Crippen LogP contribution in [0.2, 0.25) is 0 Å². The van der Waals surface area contributed by atoms with Crippen molar-refractivity contribution >= 4 is 39.5 Å². The Morgan fingerprint density at radius 1 is 0.299 bits per heavy atom. The molecule has 0 aromatic heterocycles. The molecule has 0 spiro atoms. The van der Waals surface area contributed by atoms with E-state index in [-0.39, 0.29) is 25.7 Å². The first-order valence-corrected chi connectivity index (χ1v) is 43.5. The van der Waals surface area contributed by atoms with E-state index in [1.54, 1.807) is 0 Å². The molecule has 19 heteroatoms. The van der Waals surface area contributed by atoms with Crippen LogP contribution in [0.1, 0.15) is 408 Å². The molecule has 0 heterocycles. The van der Waals surface area contributed by atoms with Crippen molar-refractivity contribution in [1.29, 1.82) is 0 Å². The summed E-state index contributed by atoms with van der Waals surface area (Å²) in [6, 6.07) is 0. The van der Waals surface area contributed by atoms with E-state index in [0.717, 1.165) is 108 Å². The number of unbranched alkanes of at least 4 members (excludes halogenated alkanes) is 46. The van der Waals surface area contributed by atoms with E-state index >= 15 is 0 Å². The summed E-state index contributed by atoms with van der Waals surface area (Å²) in [5, 5.41) is 10.6. The number of hydrogen-bond acceptors (Lipinski definition) is 15. The van der Waals surface area contributed by atoms with Crippen molar-refractivity contribution in [3.05, 3.63) is 0 Å². The highest BCUT2D eigenvalue weighted by molar-refractivity contribution is 7.47. The summed E-state index contributed by atoms with van der Waals surface area (Å²) in [5.74, 6) is -0.501. The maximum absolute atomic E-state index is 13.1. The number of ether oxygens (including phenoxy) is 4. The predicted molar refractivity (Wildman–Crippen MR) is 395 cm³/mol. The van der Waals surface area contributed by atoms with Crippen molar-refractivity contribution in [2.45, 2.75) is 426 Å². The lowest BCUT2D eigenvalue weighted by Crippen LogP contribution is -2.30. The quantitative estimate of drug-likeness (QED) is 0.0222. The summed E-state index contributed by atoms with van der Waals surface area (Å²) < 4.78 is 68.3. The zero-order valence-electron chi connectivity index (χ0n) is 63.4. The third-order valence-electron chi connectivity index (χ3n) is 18.6. The average molecular weight is 1420 g/mol. The zero-order valence-corrected chi connectivity index (χ0v) is 65.2. The van der Waals surface area contributed by atoms with E-state index in [4.69, 9.17) is 37.0 Å². The first kappa shape index (κ1) is 95.1. The summed E-state index contributed by atoms with van der Waals surface area (Å²) in [6.07, 6.45) is 58.8. The van der Waals surface area contributed by atoms with Gasteiger partial charge in [0.05, 0.1) is 26.4 Å². The van der Waals surface area contributed by atoms with Crippen molar-refractivity contribution in [3.8, 4) is 0 Å². The molecule has 0 bridgehead atoms. The molecule has 0 fully saturated rings. The summed E-state index contributed by atoms with van der Waals surface area (Å²) in [4.78, 5) is 72.6. The van der Waals surface area contributed by atoms with E-state index in [1.807, 2.05) is 0 Å². The van der Waals surface area contributed by atoms with Crippen LogP contribution in [-0.2, 0) is 65.4 Å². The Hall–Kier alpha value is -1.94. The SMILES string of the molecule is CCCCCCCCCCCCCCCCCCCC(=O)OC[C@H](COP(=O)(O)OC[C@@H](O)COP(=O)(O)OC[C@@H](COC(=O)CCCCCCC)OC(=O)CCCCCCCCCCCCC(C)C)OC(=O)CCCCCCCCCCCCCCCCCCCCC(C)CC. The average Bonchev–Trinajstić information content (AvgIpc) is 1.32. The molecule has 0 rings (SSSR count). The number of rotatable bonds is 77. The Bertz CT molecular complexity index is 1870. The second-order valence-corrected chi connectivity index (χ2v) is 31.7. The molecule has 3 unspecified atom stereocenters. The maximum atomic E-state index is 13.1. The van der Waals surface area contributed by atoms with Gasteiger partial charge in [-0.25, -0.2) is 9.13 Å². The Morgan fingerprint density at radius 2 is 0.526 bits per heavy atom. The second kappa shape index (κ2) is 69.8. The maximum Gasteiger partial charge on any atom is 0.472 e. The molecule has 97 heavy (non-hydrogen) atoms. The van der Waals surface area contributed by atoms with Gasteiger partial charge in [0, 0.05) is 25.7 Å². The standard InChI is InChI=1S/C78H152O17P2/c1-7-10-12-14-15-16-17-18-19-22-26-29-32-38-43-49-55-61-76(81)89-67-74(95-78(83)62-56-50-44-39-33-30-27-24-21-20-23-25-28-31-37-42-48-53-59-71(6)9-3)69-93-97(86,87)91-65-72(79)64-90-96(84,85)92-68-73(66-88-75(80)60-54-46-13-11-8-2)94-77(82)63-57-51-45-40-35-34-36-41-47-52-58-70(4)5/h70-74,79H,7-69H2,1-6H3,(H,84,85)(H,86,87)/t71?,72-,73+,74+/m0/s1. The van der Waals surface area contributed by atoms with Gasteiger partial charge in [-0.1, -0.05) is 356 Å². The van der Waals surface area contributed by atoms with Crippen molar-refractivity contribution in [2.75, 3.05) is 39.6 Å². The molecule has 0 amide bonds. The van der Waals surface area contributed by atoms with Crippen molar-refractivity contribution in [1.82, 2.24) is 0 Å². The number of phosphoric acid groups is 2. The number of aliphatic hydroxyl groups excluding tert-OH is 1. The monoisotopic (exact) mass is 1420 g/mol. The predicted octanol–water partition coefficient (Wildman–Crippen LogP) is 23.1. The van der Waals surface area contributed by atoms with Crippen LogP contribution in [0.5, 0.6) is 0 Å². The van der Waals surface area contributed by atoms with Crippen LogP contribution in [-0.4, -0.2) is 96.7 Å². The van der Waals surface area contributed by atoms with Crippen molar-refractivity contribution in [2.24, 2.45) is 11.8 Å². The van der Waals surface area contributed by atoms with Gasteiger partial charge in [-0.2, -0.15) is 0 Å². The van der Waals surface area contributed by atoms with Gasteiger partial charge in [0.15, 0.2) is 12.2 Å². The van der Waals surface area contributed by atoms with Crippen LogP contribution in [0.3, 0.4) is 0 Å². The second-order valence-electron chi connectivity index (χ2n) is 28.8. The number of esters is 4. The number of carbonyl (C=O) groups excluding carboxylic acids is 4. The minimum Gasteiger partial charge on any atom is -0.462 e. The summed E-state index contributed by atoms with van der Waals surface area (Å²) in [7, 11) is -9.90. The number of phosphoric ester groups is 2. The third kappa shape index (κ3) is 70.9. The molecular weight excluding hydrogens is 1270 g/mol. The lowest BCUT2D eigenvalue weighted by molar-refractivity contribution is -0.161. The van der Waals surface area contributed by atoms with Gasteiger partial charge in [-0.3, -0.25) is 37.3 Å². The van der Waals surface area contributed by atoms with Crippen LogP contribution in [0.25, 0.3) is 0 Å². The zero-order chi connectivity index (χ0) is 71.4. The van der Waals surface area contributed by atoms with Gasteiger partial charge < -0.3 is 33.8 Å². The van der Waals surface area contributed by atoms with Crippen molar-refractivity contribution < 1.29 is 80.2 Å². The first-order chi connectivity index (χ1) is 46.9. The molecule has 0 radical (unpaired) electrons. The Kier molecular flexibility index (Phi) is 68.4. The smallest absolute Gasteiger partial charge is 0.462 e. The highest BCUT2D eigenvalue weighted by Gasteiger charge is 2.30. The van der Waals surface area contributed by atoms with E-state index in [0.29, 0.717) is 25.7 Å². The topological polar surface area (TPSA) is 237 Å². The van der Waals surface area contributed by atoms with E-state index in [9.17, 15) is 43.2 Å². The molecule has 0 aliphatic rings. The molecule has 0 aromatic carbocycles. The summed E-state index contributed by atoms with van der Waals surface area (Å²) in [6.45, 7) is 9.58. The molecule has 0 aliphatic heterocycles. The molecule has 3 N–H and O–H groups in total. The van der Waals surface area contributed by atoms with Crippen molar-refractivity contribution in [3.63, 3.8) is 0 Å². The minimum absolute atomic E-state index is 0.105. The highest BCUT2D eigenvalue weighted by Crippen LogP contribution is 2.45. The van der Waals surface area contributed by atoms with Gasteiger partial charge >= 0.3 is 39.5 Å². The Labute approximate surface area is 594 Å². The summed E-state index contributed by atoms with van der Waals surface area (Å²) >= 11 is 0. The molecule has 0 aliphatic carbocycles. The number of aliphatic hydroxyl groups is 1.